The zero-order valence-corrected chi connectivity index (χ0v) is 9.57. The molecule has 80 valence electrons. The first kappa shape index (κ1) is 12.9. The summed E-state index contributed by atoms with van der Waals surface area (Å²) in [6.45, 7) is 12.0. The van der Waals surface area contributed by atoms with Gasteiger partial charge in [-0.2, -0.15) is 0 Å². The van der Waals surface area contributed by atoms with Crippen LogP contribution in [0.3, 0.4) is 0 Å². The smallest absolute Gasteiger partial charge is 0.0173 e. The van der Waals surface area contributed by atoms with Crippen LogP contribution in [-0.2, 0) is 0 Å². The van der Waals surface area contributed by atoms with Gasteiger partial charge in [0.25, 0.3) is 0 Å². The third-order valence-corrected chi connectivity index (χ3v) is 2.56. The van der Waals surface area contributed by atoms with Crippen molar-refractivity contribution in [2.45, 2.75) is 47.5 Å². The molecule has 3 heteroatoms. The van der Waals surface area contributed by atoms with Gasteiger partial charge < -0.3 is 5.21 Å². The number of nitrogens with one attached hydrogen (secondary N) is 2. The van der Waals surface area contributed by atoms with Crippen molar-refractivity contribution in [3.63, 3.8) is 0 Å². The van der Waals surface area contributed by atoms with Crippen LogP contribution in [0.2, 0.25) is 0 Å². The molecule has 0 aliphatic heterocycles. The van der Waals surface area contributed by atoms with Crippen molar-refractivity contribution in [3.8, 4) is 0 Å². The SMILES string of the molecule is CCC(C)(C)CC(C)(C)CNNO. The molecule has 3 N–H and O–H groups in total. The van der Waals surface area contributed by atoms with Crippen molar-refractivity contribution in [3.05, 3.63) is 0 Å². The van der Waals surface area contributed by atoms with Gasteiger partial charge in [0.15, 0.2) is 0 Å². The lowest BCUT2D eigenvalue weighted by atomic mass is 9.74. The van der Waals surface area contributed by atoms with Crippen LogP contribution in [0.4, 0.5) is 0 Å². The lowest BCUT2D eigenvalue weighted by Crippen LogP contribution is -2.39. The molecular formula is C10H24N2O. The second-order valence-corrected chi connectivity index (χ2v) is 5.32. The first-order valence-corrected chi connectivity index (χ1v) is 4.95. The summed E-state index contributed by atoms with van der Waals surface area (Å²) in [4.78, 5) is 0. The molecule has 0 bridgehead atoms. The zero-order chi connectivity index (χ0) is 10.5. The van der Waals surface area contributed by atoms with Crippen molar-refractivity contribution in [2.75, 3.05) is 6.54 Å². The molecule has 0 radical (unpaired) electrons. The average molecular weight is 188 g/mol. The summed E-state index contributed by atoms with van der Waals surface area (Å²) >= 11 is 0. The highest BCUT2D eigenvalue weighted by molar-refractivity contribution is 4.79. The molecule has 0 aliphatic carbocycles. The highest BCUT2D eigenvalue weighted by Crippen LogP contribution is 2.35. The summed E-state index contributed by atoms with van der Waals surface area (Å²) in [5, 5.41) is 8.42. The number of hydrazine groups is 1. The Labute approximate surface area is 81.8 Å². The zero-order valence-electron chi connectivity index (χ0n) is 9.57. The van der Waals surface area contributed by atoms with Crippen molar-refractivity contribution < 1.29 is 5.21 Å². The van der Waals surface area contributed by atoms with Crippen LogP contribution in [0, 0.1) is 10.8 Å². The van der Waals surface area contributed by atoms with E-state index in [1.54, 1.807) is 0 Å². The van der Waals surface area contributed by atoms with Crippen molar-refractivity contribution in [2.24, 2.45) is 10.8 Å². The Kier molecular flexibility index (Phi) is 4.89. The topological polar surface area (TPSA) is 44.3 Å². The Balaban J connectivity index is 4.00. The number of hydrogen-bond donors (Lipinski definition) is 3. The summed E-state index contributed by atoms with van der Waals surface area (Å²) < 4.78 is 0. The predicted molar refractivity (Wildman–Crippen MR) is 55.4 cm³/mol. The van der Waals surface area contributed by atoms with E-state index in [4.69, 9.17) is 5.21 Å². The molecule has 0 spiro atoms. The minimum Gasteiger partial charge on any atom is -0.302 e. The lowest BCUT2D eigenvalue weighted by Gasteiger charge is -2.34. The molecule has 13 heavy (non-hydrogen) atoms. The molecule has 0 saturated carbocycles. The minimum atomic E-state index is 0.204. The van der Waals surface area contributed by atoms with Gasteiger partial charge in [-0.1, -0.05) is 41.0 Å². The largest absolute Gasteiger partial charge is 0.302 e. The van der Waals surface area contributed by atoms with E-state index in [1.807, 2.05) is 5.59 Å². The maximum atomic E-state index is 8.42. The monoisotopic (exact) mass is 188 g/mol. The Hall–Kier alpha value is -0.120. The quantitative estimate of drug-likeness (QED) is 0.560. The summed E-state index contributed by atoms with van der Waals surface area (Å²) in [7, 11) is 0. The predicted octanol–water partition coefficient (Wildman–Crippen LogP) is 2.32. The second kappa shape index (κ2) is 4.94. The molecule has 0 amide bonds. The first-order chi connectivity index (χ1) is 5.83. The van der Waals surface area contributed by atoms with E-state index in [0.29, 0.717) is 5.41 Å². The van der Waals surface area contributed by atoms with Crippen molar-refractivity contribution >= 4 is 0 Å². The second-order valence-electron chi connectivity index (χ2n) is 5.32. The summed E-state index contributed by atoms with van der Waals surface area (Å²) in [5.74, 6) is 0. The summed E-state index contributed by atoms with van der Waals surface area (Å²) in [5.41, 5.74) is 5.30. The molecule has 0 saturated heterocycles. The molecule has 0 aromatic rings. The van der Waals surface area contributed by atoms with E-state index in [-0.39, 0.29) is 5.41 Å². The third-order valence-electron chi connectivity index (χ3n) is 2.56. The molecule has 0 aromatic heterocycles. The molecular weight excluding hydrogens is 164 g/mol. The van der Waals surface area contributed by atoms with Gasteiger partial charge in [0.1, 0.15) is 0 Å². The highest BCUT2D eigenvalue weighted by Gasteiger charge is 2.27. The van der Waals surface area contributed by atoms with Crippen LogP contribution in [0.1, 0.15) is 47.5 Å². The van der Waals surface area contributed by atoms with Crippen LogP contribution < -0.4 is 11.0 Å². The van der Waals surface area contributed by atoms with E-state index in [0.717, 1.165) is 13.0 Å². The van der Waals surface area contributed by atoms with Crippen LogP contribution in [-0.4, -0.2) is 11.8 Å². The van der Waals surface area contributed by atoms with Crippen LogP contribution in [0.25, 0.3) is 0 Å². The van der Waals surface area contributed by atoms with Gasteiger partial charge in [0, 0.05) is 6.54 Å². The highest BCUT2D eigenvalue weighted by atomic mass is 16.5. The Bertz CT molecular complexity index is 144. The van der Waals surface area contributed by atoms with E-state index in [1.165, 1.54) is 6.42 Å². The maximum absolute atomic E-state index is 8.42. The number of rotatable bonds is 6. The van der Waals surface area contributed by atoms with Gasteiger partial charge in [0.2, 0.25) is 0 Å². The fourth-order valence-corrected chi connectivity index (χ4v) is 1.76. The van der Waals surface area contributed by atoms with Gasteiger partial charge >= 0.3 is 0 Å². The summed E-state index contributed by atoms with van der Waals surface area (Å²) in [6, 6.07) is 0. The van der Waals surface area contributed by atoms with E-state index in [2.05, 4.69) is 40.0 Å². The van der Waals surface area contributed by atoms with E-state index >= 15 is 0 Å². The fraction of sp³-hybridized carbons (Fsp3) is 1.00. The van der Waals surface area contributed by atoms with Crippen LogP contribution in [0.15, 0.2) is 0 Å². The molecule has 0 heterocycles. The van der Waals surface area contributed by atoms with Crippen LogP contribution >= 0.6 is 0 Å². The van der Waals surface area contributed by atoms with Crippen molar-refractivity contribution in [1.82, 2.24) is 11.0 Å². The van der Waals surface area contributed by atoms with Gasteiger partial charge in [0.05, 0.1) is 0 Å². The first-order valence-electron chi connectivity index (χ1n) is 4.95. The molecule has 0 rings (SSSR count). The molecule has 0 fully saturated rings. The van der Waals surface area contributed by atoms with E-state index in [9.17, 15) is 0 Å². The standard InChI is InChI=1S/C10H24N2O/c1-6-9(2,3)7-10(4,5)8-11-12-13/h11-13H,6-8H2,1-5H3. The van der Waals surface area contributed by atoms with E-state index < -0.39 is 0 Å². The summed E-state index contributed by atoms with van der Waals surface area (Å²) in [6.07, 6.45) is 2.33. The molecule has 0 unspecified atom stereocenters. The molecule has 0 atom stereocenters. The van der Waals surface area contributed by atoms with Crippen LogP contribution in [0.5, 0.6) is 0 Å². The van der Waals surface area contributed by atoms with Crippen molar-refractivity contribution in [1.29, 1.82) is 0 Å². The number of hydrogen-bond acceptors (Lipinski definition) is 3. The lowest BCUT2D eigenvalue weighted by molar-refractivity contribution is 0.0903. The van der Waals surface area contributed by atoms with Gasteiger partial charge in [-0.25, -0.2) is 5.43 Å². The molecule has 3 nitrogen and oxygen atoms in total. The van der Waals surface area contributed by atoms with Gasteiger partial charge in [-0.3, -0.25) is 0 Å². The van der Waals surface area contributed by atoms with Gasteiger partial charge in [-0.05, 0) is 17.3 Å². The maximum Gasteiger partial charge on any atom is 0.0173 e. The Morgan fingerprint density at radius 3 is 2.00 bits per heavy atom. The Morgan fingerprint density at radius 2 is 1.62 bits per heavy atom. The molecule has 0 aliphatic rings. The average Bonchev–Trinajstić information content (AvgIpc) is 1.99. The fourth-order valence-electron chi connectivity index (χ4n) is 1.76. The third kappa shape index (κ3) is 6.02. The normalized spacial score (nSPS) is 13.4. The van der Waals surface area contributed by atoms with Gasteiger partial charge in [-0.15, -0.1) is 5.59 Å². The molecule has 0 aromatic carbocycles. The minimum absolute atomic E-state index is 0.204. The Morgan fingerprint density at radius 1 is 1.08 bits per heavy atom.